The van der Waals surface area contributed by atoms with Gasteiger partial charge in [-0.25, -0.2) is 4.39 Å². The van der Waals surface area contributed by atoms with Crippen LogP contribution in [-0.4, -0.2) is 24.9 Å². The number of hydrogen-bond donors (Lipinski definition) is 2. The van der Waals surface area contributed by atoms with Crippen molar-refractivity contribution in [3.05, 3.63) is 82.3 Å². The number of halogens is 1. The van der Waals surface area contributed by atoms with Crippen LogP contribution in [0.15, 0.2) is 66.0 Å². The van der Waals surface area contributed by atoms with Gasteiger partial charge >= 0.3 is 11.8 Å². The highest BCUT2D eigenvalue weighted by Crippen LogP contribution is 2.36. The summed E-state index contributed by atoms with van der Waals surface area (Å²) in [5, 5.41) is 7.02. The van der Waals surface area contributed by atoms with E-state index in [4.69, 9.17) is 0 Å². The molecule has 0 bridgehead atoms. The molecule has 2 aromatic carbocycles. The summed E-state index contributed by atoms with van der Waals surface area (Å²) in [7, 11) is 0. The summed E-state index contributed by atoms with van der Waals surface area (Å²) >= 11 is 1.61. The van der Waals surface area contributed by atoms with Crippen molar-refractivity contribution in [3.63, 3.8) is 0 Å². The van der Waals surface area contributed by atoms with Gasteiger partial charge in [-0.15, -0.1) is 11.3 Å². The summed E-state index contributed by atoms with van der Waals surface area (Å²) in [6, 6.07) is 17.9. The number of fused-ring (bicyclic) bond motifs is 1. The van der Waals surface area contributed by atoms with Gasteiger partial charge in [-0.3, -0.25) is 9.59 Å². The van der Waals surface area contributed by atoms with Crippen molar-refractivity contribution in [1.82, 2.24) is 5.32 Å². The van der Waals surface area contributed by atoms with Crippen molar-refractivity contribution in [2.24, 2.45) is 0 Å². The summed E-state index contributed by atoms with van der Waals surface area (Å²) < 4.78 is 13.7. The maximum atomic E-state index is 13.7. The van der Waals surface area contributed by atoms with Crippen LogP contribution in [0.3, 0.4) is 0 Å². The predicted octanol–water partition coefficient (Wildman–Crippen LogP) is 3.75. The lowest BCUT2D eigenvalue weighted by Crippen LogP contribution is -2.41. The van der Waals surface area contributed by atoms with Crippen molar-refractivity contribution in [2.45, 2.75) is 12.5 Å². The zero-order valence-corrected chi connectivity index (χ0v) is 16.4. The highest BCUT2D eigenvalue weighted by molar-refractivity contribution is 7.10. The van der Waals surface area contributed by atoms with E-state index in [1.807, 2.05) is 29.6 Å². The largest absolute Gasteiger partial charge is 0.361 e. The van der Waals surface area contributed by atoms with Crippen molar-refractivity contribution in [2.75, 3.05) is 23.3 Å². The summed E-state index contributed by atoms with van der Waals surface area (Å²) in [6.07, 6.45) is 0.944. The first-order chi connectivity index (χ1) is 14.1. The standard InChI is InChI=1S/C22H20FN3O2S/c23-16-7-2-3-8-17(16)25-22(28)21(27)24-14-19(20-10-5-13-29-20)26-12-11-15-6-1-4-9-18(15)26/h1-10,13,19H,11-12,14H2,(H,24,27)(H,25,28). The van der Waals surface area contributed by atoms with Gasteiger partial charge in [0, 0.05) is 23.7 Å². The number of anilines is 2. The van der Waals surface area contributed by atoms with Crippen LogP contribution in [0.25, 0.3) is 0 Å². The first-order valence-corrected chi connectivity index (χ1v) is 10.2. The van der Waals surface area contributed by atoms with Crippen molar-refractivity contribution in [1.29, 1.82) is 0 Å². The third-order valence-corrected chi connectivity index (χ3v) is 5.93. The molecule has 2 heterocycles. The quantitative estimate of drug-likeness (QED) is 0.631. The van der Waals surface area contributed by atoms with Gasteiger partial charge < -0.3 is 15.5 Å². The molecule has 7 heteroatoms. The van der Waals surface area contributed by atoms with Crippen molar-refractivity contribution >= 4 is 34.5 Å². The molecule has 0 aliphatic carbocycles. The Hall–Kier alpha value is -3.19. The van der Waals surface area contributed by atoms with Crippen LogP contribution < -0.4 is 15.5 Å². The molecule has 29 heavy (non-hydrogen) atoms. The smallest absolute Gasteiger partial charge is 0.313 e. The SMILES string of the molecule is O=C(NCC(c1cccs1)N1CCc2ccccc21)C(=O)Nc1ccccc1F. The fourth-order valence-corrected chi connectivity index (χ4v) is 4.38. The van der Waals surface area contributed by atoms with Gasteiger partial charge in [-0.1, -0.05) is 36.4 Å². The van der Waals surface area contributed by atoms with Crippen molar-refractivity contribution in [3.8, 4) is 0 Å². The van der Waals surface area contributed by atoms with E-state index in [1.165, 1.54) is 23.8 Å². The van der Waals surface area contributed by atoms with E-state index >= 15 is 0 Å². The summed E-state index contributed by atoms with van der Waals surface area (Å²) in [5.41, 5.74) is 2.41. The molecule has 1 aliphatic heterocycles. The maximum Gasteiger partial charge on any atom is 0.313 e. The third kappa shape index (κ3) is 4.14. The molecular formula is C22H20FN3O2S. The number of hydrogen-bond acceptors (Lipinski definition) is 4. The average Bonchev–Trinajstić information content (AvgIpc) is 3.40. The number of benzene rings is 2. The van der Waals surface area contributed by atoms with Crippen LogP contribution >= 0.6 is 11.3 Å². The number of thiophene rings is 1. The Morgan fingerprint density at radius 2 is 1.83 bits per heavy atom. The molecular weight excluding hydrogens is 389 g/mol. The number of carbonyl (C=O) groups excluding carboxylic acids is 2. The Labute approximate surface area is 172 Å². The fourth-order valence-electron chi connectivity index (χ4n) is 3.54. The van der Waals surface area contributed by atoms with Gasteiger partial charge in [0.05, 0.1) is 11.7 Å². The molecule has 1 unspecified atom stereocenters. The normalized spacial score (nSPS) is 13.6. The van der Waals surface area contributed by atoms with Gasteiger partial charge in [-0.05, 0) is 41.6 Å². The van der Waals surface area contributed by atoms with E-state index in [-0.39, 0.29) is 18.3 Å². The molecule has 1 aromatic heterocycles. The van der Waals surface area contributed by atoms with Gasteiger partial charge in [0.1, 0.15) is 5.82 Å². The number of amides is 2. The molecule has 0 spiro atoms. The van der Waals surface area contributed by atoms with E-state index in [1.54, 1.807) is 17.4 Å². The molecule has 3 aromatic rings. The molecule has 4 rings (SSSR count). The third-order valence-electron chi connectivity index (χ3n) is 4.96. The number of nitrogens with one attached hydrogen (secondary N) is 2. The topological polar surface area (TPSA) is 61.4 Å². The van der Waals surface area contributed by atoms with Crippen LogP contribution in [0.4, 0.5) is 15.8 Å². The van der Waals surface area contributed by atoms with Crippen LogP contribution in [0.2, 0.25) is 0 Å². The lowest BCUT2D eigenvalue weighted by Gasteiger charge is -2.30. The number of carbonyl (C=O) groups is 2. The molecule has 0 radical (unpaired) electrons. The second kappa shape index (κ2) is 8.45. The first-order valence-electron chi connectivity index (χ1n) is 9.35. The molecule has 0 saturated heterocycles. The highest BCUT2D eigenvalue weighted by Gasteiger charge is 2.28. The zero-order chi connectivity index (χ0) is 20.2. The second-order valence-corrected chi connectivity index (χ2v) is 7.73. The van der Waals surface area contributed by atoms with E-state index in [0.29, 0.717) is 0 Å². The molecule has 1 aliphatic rings. The van der Waals surface area contributed by atoms with Gasteiger partial charge in [0.25, 0.3) is 0 Å². The number of para-hydroxylation sites is 2. The van der Waals surface area contributed by atoms with E-state index < -0.39 is 17.6 Å². The maximum absolute atomic E-state index is 13.7. The van der Waals surface area contributed by atoms with E-state index in [9.17, 15) is 14.0 Å². The molecule has 2 amide bonds. The molecule has 2 N–H and O–H groups in total. The monoisotopic (exact) mass is 409 g/mol. The molecule has 1 atom stereocenters. The van der Waals surface area contributed by atoms with Crippen LogP contribution in [0, 0.1) is 5.82 Å². The minimum absolute atomic E-state index is 0.0177. The van der Waals surface area contributed by atoms with E-state index in [0.717, 1.165) is 23.5 Å². The lowest BCUT2D eigenvalue weighted by molar-refractivity contribution is -0.136. The number of nitrogens with zero attached hydrogens (tertiary/aromatic N) is 1. The van der Waals surface area contributed by atoms with Crippen LogP contribution in [0.1, 0.15) is 16.5 Å². The predicted molar refractivity (Wildman–Crippen MR) is 113 cm³/mol. The summed E-state index contributed by atoms with van der Waals surface area (Å²) in [5.74, 6) is -2.26. The average molecular weight is 409 g/mol. The van der Waals surface area contributed by atoms with Crippen molar-refractivity contribution < 1.29 is 14.0 Å². The lowest BCUT2D eigenvalue weighted by atomic mass is 10.1. The molecule has 5 nitrogen and oxygen atoms in total. The zero-order valence-electron chi connectivity index (χ0n) is 15.6. The van der Waals surface area contributed by atoms with Crippen LogP contribution in [-0.2, 0) is 16.0 Å². The van der Waals surface area contributed by atoms with Gasteiger partial charge in [-0.2, -0.15) is 0 Å². The molecule has 148 valence electrons. The number of rotatable bonds is 5. The Kier molecular flexibility index (Phi) is 5.57. The highest BCUT2D eigenvalue weighted by atomic mass is 32.1. The first kappa shape index (κ1) is 19.1. The van der Waals surface area contributed by atoms with Gasteiger partial charge in [0.2, 0.25) is 0 Å². The Balaban J connectivity index is 1.46. The minimum atomic E-state index is -0.887. The Bertz CT molecular complexity index is 1020. The van der Waals surface area contributed by atoms with Crippen LogP contribution in [0.5, 0.6) is 0 Å². The summed E-state index contributed by atoms with van der Waals surface area (Å²) in [6.45, 7) is 1.12. The molecule has 0 fully saturated rings. The fraction of sp³-hybridized carbons (Fsp3) is 0.182. The second-order valence-electron chi connectivity index (χ2n) is 6.75. The Morgan fingerprint density at radius 3 is 2.62 bits per heavy atom. The molecule has 0 saturated carbocycles. The van der Waals surface area contributed by atoms with E-state index in [2.05, 4.69) is 27.7 Å². The Morgan fingerprint density at radius 1 is 1.03 bits per heavy atom. The summed E-state index contributed by atoms with van der Waals surface area (Å²) in [4.78, 5) is 27.9. The minimum Gasteiger partial charge on any atom is -0.361 e. The van der Waals surface area contributed by atoms with Gasteiger partial charge in [0.15, 0.2) is 0 Å².